The lowest BCUT2D eigenvalue weighted by atomic mass is 10.0. The molecule has 0 N–H and O–H groups in total. The molecule has 50 heavy (non-hydrogen) atoms. The highest BCUT2D eigenvalue weighted by molar-refractivity contribution is 4.49. The minimum absolute atomic E-state index is 0.535. The van der Waals surface area contributed by atoms with Gasteiger partial charge in [-0.3, -0.25) is 0 Å². The molecule has 0 aliphatic rings. The fourth-order valence-corrected chi connectivity index (χ4v) is 5.11. The highest BCUT2D eigenvalue weighted by Crippen LogP contribution is 2.12. The van der Waals surface area contributed by atoms with Crippen LogP contribution in [0.1, 0.15) is 129 Å². The van der Waals surface area contributed by atoms with E-state index in [9.17, 15) is 0 Å². The third-order valence-corrected chi connectivity index (χ3v) is 8.13. The molecule has 0 aliphatic heterocycles. The minimum atomic E-state index is 0.535. The molecule has 0 aromatic heterocycles. The van der Waals surface area contributed by atoms with Crippen molar-refractivity contribution in [1.29, 1.82) is 0 Å². The first-order valence-electron chi connectivity index (χ1n) is 20.7. The van der Waals surface area contributed by atoms with Crippen LogP contribution in [0.2, 0.25) is 0 Å². The van der Waals surface area contributed by atoms with Crippen molar-refractivity contribution < 1.29 is 47.4 Å². The van der Waals surface area contributed by atoms with Crippen molar-refractivity contribution in [3.05, 3.63) is 0 Å². The molecule has 302 valence electrons. The summed E-state index contributed by atoms with van der Waals surface area (Å²) in [7, 11) is 0. The van der Waals surface area contributed by atoms with E-state index in [2.05, 4.69) is 13.8 Å². The summed E-state index contributed by atoms with van der Waals surface area (Å²) in [4.78, 5) is 0. The molecule has 0 saturated carbocycles. The van der Waals surface area contributed by atoms with Crippen molar-refractivity contribution in [3.8, 4) is 0 Å². The van der Waals surface area contributed by atoms with E-state index in [1.54, 1.807) is 0 Å². The van der Waals surface area contributed by atoms with E-state index in [1.165, 1.54) is 103 Å². The van der Waals surface area contributed by atoms with Gasteiger partial charge >= 0.3 is 0 Å². The lowest BCUT2D eigenvalue weighted by molar-refractivity contribution is -0.0264. The van der Waals surface area contributed by atoms with E-state index < -0.39 is 0 Å². The summed E-state index contributed by atoms with van der Waals surface area (Å²) in [6.07, 6.45) is 24.1. The molecule has 0 saturated heterocycles. The zero-order valence-corrected chi connectivity index (χ0v) is 33.0. The molecule has 0 amide bonds. The molecule has 0 heterocycles. The van der Waals surface area contributed by atoms with Crippen LogP contribution in [0.4, 0.5) is 0 Å². The fourth-order valence-electron chi connectivity index (χ4n) is 5.11. The van der Waals surface area contributed by atoms with Gasteiger partial charge in [0.15, 0.2) is 0 Å². The molecule has 10 heteroatoms. The molecule has 0 rings (SSSR count). The molecule has 0 atom stereocenters. The summed E-state index contributed by atoms with van der Waals surface area (Å²) in [5.74, 6) is 0. The largest absolute Gasteiger partial charge is 0.379 e. The first-order chi connectivity index (χ1) is 24.9. The average Bonchev–Trinajstić information content (AvgIpc) is 3.13. The van der Waals surface area contributed by atoms with Crippen molar-refractivity contribution in [1.82, 2.24) is 0 Å². The zero-order valence-electron chi connectivity index (χ0n) is 33.0. The van der Waals surface area contributed by atoms with Crippen molar-refractivity contribution in [2.24, 2.45) is 0 Å². The summed E-state index contributed by atoms with van der Waals surface area (Å²) < 4.78 is 55.4. The zero-order chi connectivity index (χ0) is 35.9. The smallest absolute Gasteiger partial charge is 0.0701 e. The SMILES string of the molecule is CCCCCCCCCCCCCCCOCCOCCOCCOCCOCCOCCOCCOCCOCCOCCCCCCC. The van der Waals surface area contributed by atoms with Crippen LogP contribution in [0.15, 0.2) is 0 Å². The van der Waals surface area contributed by atoms with Gasteiger partial charge in [0.1, 0.15) is 0 Å². The van der Waals surface area contributed by atoms with Crippen LogP contribution >= 0.6 is 0 Å². The second kappa shape index (κ2) is 48.6. The van der Waals surface area contributed by atoms with Crippen LogP contribution in [0.25, 0.3) is 0 Å². The standard InChI is InChI=1S/C40H82O10/c1-3-5-7-9-10-11-12-13-14-15-16-18-20-22-42-24-26-44-28-30-46-32-34-48-36-38-50-40-39-49-37-35-47-33-31-45-29-27-43-25-23-41-21-19-17-8-6-4-2/h3-40H2,1-2H3. The Kier molecular flexibility index (Phi) is 48.2. The Balaban J connectivity index is 3.04. The highest BCUT2D eigenvalue weighted by atomic mass is 16.6. The number of unbranched alkanes of at least 4 members (excludes halogenated alkanes) is 16. The maximum absolute atomic E-state index is 5.68. The summed E-state index contributed by atoms with van der Waals surface area (Å²) in [6, 6.07) is 0. The van der Waals surface area contributed by atoms with Crippen molar-refractivity contribution in [2.45, 2.75) is 129 Å². The van der Waals surface area contributed by atoms with E-state index in [0.717, 1.165) is 26.1 Å². The van der Waals surface area contributed by atoms with Crippen LogP contribution < -0.4 is 0 Å². The Labute approximate surface area is 308 Å². The van der Waals surface area contributed by atoms with Gasteiger partial charge < -0.3 is 47.4 Å². The molecule has 0 radical (unpaired) electrons. The van der Waals surface area contributed by atoms with Gasteiger partial charge in [-0.15, -0.1) is 0 Å². The normalized spacial score (nSPS) is 11.6. The topological polar surface area (TPSA) is 92.3 Å². The number of ether oxygens (including phenoxy) is 10. The van der Waals surface area contributed by atoms with E-state index in [4.69, 9.17) is 47.4 Å². The average molecular weight is 723 g/mol. The molecule has 10 nitrogen and oxygen atoms in total. The Morgan fingerprint density at radius 2 is 0.300 bits per heavy atom. The first kappa shape index (κ1) is 49.6. The molecule has 0 bridgehead atoms. The fraction of sp³-hybridized carbons (Fsp3) is 1.00. The van der Waals surface area contributed by atoms with Gasteiger partial charge in [0.05, 0.1) is 119 Å². The van der Waals surface area contributed by atoms with Gasteiger partial charge in [-0.2, -0.15) is 0 Å². The molecular weight excluding hydrogens is 640 g/mol. The van der Waals surface area contributed by atoms with Crippen LogP contribution in [-0.2, 0) is 47.4 Å². The van der Waals surface area contributed by atoms with Crippen molar-refractivity contribution in [2.75, 3.05) is 132 Å². The predicted molar refractivity (Wildman–Crippen MR) is 203 cm³/mol. The van der Waals surface area contributed by atoms with Gasteiger partial charge in [0.25, 0.3) is 0 Å². The van der Waals surface area contributed by atoms with Gasteiger partial charge in [0, 0.05) is 13.2 Å². The summed E-state index contributed by atoms with van der Waals surface area (Å²) in [6.45, 7) is 16.4. The monoisotopic (exact) mass is 723 g/mol. The quantitative estimate of drug-likeness (QED) is 0.0573. The van der Waals surface area contributed by atoms with Crippen LogP contribution in [-0.4, -0.2) is 132 Å². The van der Waals surface area contributed by atoms with Gasteiger partial charge in [-0.25, -0.2) is 0 Å². The maximum Gasteiger partial charge on any atom is 0.0701 e. The van der Waals surface area contributed by atoms with E-state index in [0.29, 0.717) is 119 Å². The first-order valence-corrected chi connectivity index (χ1v) is 20.7. The van der Waals surface area contributed by atoms with E-state index in [1.807, 2.05) is 0 Å². The van der Waals surface area contributed by atoms with Gasteiger partial charge in [0.2, 0.25) is 0 Å². The van der Waals surface area contributed by atoms with Crippen LogP contribution in [0, 0.1) is 0 Å². The summed E-state index contributed by atoms with van der Waals surface area (Å²) in [5, 5.41) is 0. The second-order valence-electron chi connectivity index (χ2n) is 12.8. The minimum Gasteiger partial charge on any atom is -0.379 e. The van der Waals surface area contributed by atoms with Crippen LogP contribution in [0.5, 0.6) is 0 Å². The Bertz CT molecular complexity index is 524. The Hall–Kier alpha value is -0.400. The molecule has 0 aliphatic carbocycles. The number of hydrogen-bond acceptors (Lipinski definition) is 10. The molecule has 0 spiro atoms. The lowest BCUT2D eigenvalue weighted by Crippen LogP contribution is -2.15. The third-order valence-electron chi connectivity index (χ3n) is 8.13. The van der Waals surface area contributed by atoms with Crippen LogP contribution in [0.3, 0.4) is 0 Å². The molecule has 0 unspecified atom stereocenters. The Morgan fingerprint density at radius 3 is 0.480 bits per heavy atom. The molecule has 0 aromatic carbocycles. The lowest BCUT2D eigenvalue weighted by Gasteiger charge is -2.09. The van der Waals surface area contributed by atoms with Gasteiger partial charge in [-0.05, 0) is 12.8 Å². The van der Waals surface area contributed by atoms with E-state index in [-0.39, 0.29) is 0 Å². The summed E-state index contributed by atoms with van der Waals surface area (Å²) >= 11 is 0. The predicted octanol–water partition coefficient (Wildman–Crippen LogP) is 8.21. The van der Waals surface area contributed by atoms with E-state index >= 15 is 0 Å². The maximum atomic E-state index is 5.68. The molecule has 0 fully saturated rings. The number of rotatable bonds is 47. The highest BCUT2D eigenvalue weighted by Gasteiger charge is 1.98. The van der Waals surface area contributed by atoms with Crippen molar-refractivity contribution in [3.63, 3.8) is 0 Å². The summed E-state index contributed by atoms with van der Waals surface area (Å²) in [5.41, 5.74) is 0. The molecule has 0 aromatic rings. The number of hydrogen-bond donors (Lipinski definition) is 0. The second-order valence-corrected chi connectivity index (χ2v) is 12.8. The van der Waals surface area contributed by atoms with Crippen molar-refractivity contribution >= 4 is 0 Å². The Morgan fingerprint density at radius 1 is 0.160 bits per heavy atom. The third kappa shape index (κ3) is 47.6. The van der Waals surface area contributed by atoms with Gasteiger partial charge in [-0.1, -0.05) is 117 Å². The molecular formula is C40H82O10.